The van der Waals surface area contributed by atoms with Crippen LogP contribution in [0.3, 0.4) is 0 Å². The first-order valence-corrected chi connectivity index (χ1v) is 7.69. The molecule has 0 saturated carbocycles. The van der Waals surface area contributed by atoms with Crippen molar-refractivity contribution in [3.05, 3.63) is 28.3 Å². The van der Waals surface area contributed by atoms with Gasteiger partial charge in [0.1, 0.15) is 5.75 Å². The van der Waals surface area contributed by atoms with Crippen molar-refractivity contribution in [3.8, 4) is 5.75 Å². The van der Waals surface area contributed by atoms with Gasteiger partial charge in [-0.25, -0.2) is 0 Å². The van der Waals surface area contributed by atoms with Gasteiger partial charge in [0.05, 0.1) is 12.0 Å². The van der Waals surface area contributed by atoms with E-state index in [0.717, 1.165) is 21.9 Å². The van der Waals surface area contributed by atoms with Crippen molar-refractivity contribution >= 4 is 17.6 Å². The molecule has 0 bridgehead atoms. The highest BCUT2D eigenvalue weighted by Gasteiger charge is 2.26. The molecule has 1 aromatic rings. The first-order chi connectivity index (χ1) is 9.65. The quantitative estimate of drug-likeness (QED) is 0.717. The van der Waals surface area contributed by atoms with Crippen LogP contribution in [0.5, 0.6) is 5.75 Å². The van der Waals surface area contributed by atoms with Crippen molar-refractivity contribution in [3.63, 3.8) is 0 Å². The number of carboxylic acids is 1. The van der Waals surface area contributed by atoms with Gasteiger partial charge in [-0.15, -0.1) is 0 Å². The number of aliphatic carboxylic acids is 1. The first-order valence-electron chi connectivity index (χ1n) is 7.31. The summed E-state index contributed by atoms with van der Waals surface area (Å²) in [7, 11) is 0. The summed E-state index contributed by atoms with van der Waals surface area (Å²) in [6, 6.07) is 3.91. The molecule has 118 valence electrons. The maximum Gasteiger partial charge on any atom is 0.309 e. The second-order valence-electron chi connectivity index (χ2n) is 6.43. The highest BCUT2D eigenvalue weighted by atomic mass is 35.5. The van der Waals surface area contributed by atoms with Crippen molar-refractivity contribution in [2.45, 2.75) is 53.4 Å². The second-order valence-corrected chi connectivity index (χ2v) is 6.84. The van der Waals surface area contributed by atoms with Gasteiger partial charge in [-0.2, -0.15) is 0 Å². The lowest BCUT2D eigenvalue weighted by molar-refractivity contribution is -0.147. The molecule has 0 fully saturated rings. The molecule has 0 aliphatic carbocycles. The maximum absolute atomic E-state index is 11.0. The molecule has 1 rings (SSSR count). The molecule has 0 aromatic heterocycles. The molecule has 3 nitrogen and oxygen atoms in total. The molecule has 0 heterocycles. The Labute approximate surface area is 132 Å². The van der Waals surface area contributed by atoms with E-state index in [2.05, 4.69) is 13.8 Å². The topological polar surface area (TPSA) is 46.5 Å². The van der Waals surface area contributed by atoms with E-state index in [9.17, 15) is 4.79 Å². The maximum atomic E-state index is 11.0. The molecular formula is C17H25ClO3. The van der Waals surface area contributed by atoms with Gasteiger partial charge < -0.3 is 9.84 Å². The molecule has 0 saturated heterocycles. The van der Waals surface area contributed by atoms with E-state index in [1.165, 1.54) is 0 Å². The summed E-state index contributed by atoms with van der Waals surface area (Å²) in [5, 5.41) is 9.84. The van der Waals surface area contributed by atoms with Crippen LogP contribution in [-0.4, -0.2) is 17.7 Å². The highest BCUT2D eigenvalue weighted by Crippen LogP contribution is 2.31. The van der Waals surface area contributed by atoms with E-state index in [-0.39, 0.29) is 0 Å². The Balaban J connectivity index is 2.64. The smallest absolute Gasteiger partial charge is 0.309 e. The number of carboxylic acid groups (broad SMARTS) is 1. The van der Waals surface area contributed by atoms with Crippen LogP contribution >= 0.6 is 11.6 Å². The average Bonchev–Trinajstić information content (AvgIpc) is 2.35. The molecule has 0 amide bonds. The van der Waals surface area contributed by atoms with Crippen molar-refractivity contribution in [1.29, 1.82) is 0 Å². The van der Waals surface area contributed by atoms with Crippen LogP contribution in [0, 0.1) is 12.3 Å². The summed E-state index contributed by atoms with van der Waals surface area (Å²) in [5.74, 6) is 0.398. The Morgan fingerprint density at radius 3 is 2.52 bits per heavy atom. The summed E-state index contributed by atoms with van der Waals surface area (Å²) in [6.45, 7) is 10.1. The van der Waals surface area contributed by atoms with Gasteiger partial charge in [0, 0.05) is 5.02 Å². The lowest BCUT2D eigenvalue weighted by Gasteiger charge is -2.19. The predicted octanol–water partition coefficient (Wildman–Crippen LogP) is 5.04. The van der Waals surface area contributed by atoms with Gasteiger partial charge in [-0.1, -0.05) is 25.4 Å². The number of aryl methyl sites for hydroxylation is 1. The van der Waals surface area contributed by atoms with Crippen molar-refractivity contribution in [1.82, 2.24) is 0 Å². The minimum atomic E-state index is -0.771. The van der Waals surface area contributed by atoms with Crippen molar-refractivity contribution < 1.29 is 14.6 Å². The number of carbonyl (C=O) groups is 1. The molecule has 0 aliphatic heterocycles. The van der Waals surface area contributed by atoms with E-state index in [1.54, 1.807) is 13.8 Å². The van der Waals surface area contributed by atoms with Crippen LogP contribution in [0.1, 0.15) is 57.6 Å². The second kappa shape index (κ2) is 7.17. The van der Waals surface area contributed by atoms with E-state index in [0.29, 0.717) is 25.4 Å². The minimum Gasteiger partial charge on any atom is -0.493 e. The number of rotatable bonds is 7. The van der Waals surface area contributed by atoms with Crippen molar-refractivity contribution in [2.75, 3.05) is 6.61 Å². The van der Waals surface area contributed by atoms with E-state index in [4.69, 9.17) is 21.4 Å². The standard InChI is InChI=1S/C17H25ClO3/c1-11(2)13-10-15(12(3)9-14(13)18)21-8-6-7-17(4,5)16(19)20/h9-11H,6-8H2,1-5H3,(H,19,20). The van der Waals surface area contributed by atoms with Crippen LogP contribution in [0.15, 0.2) is 12.1 Å². The fraction of sp³-hybridized carbons (Fsp3) is 0.588. The van der Waals surface area contributed by atoms with Gasteiger partial charge in [-0.05, 0) is 62.8 Å². The van der Waals surface area contributed by atoms with Gasteiger partial charge in [-0.3, -0.25) is 4.79 Å². The molecule has 1 aromatic carbocycles. The molecular weight excluding hydrogens is 288 g/mol. The molecule has 0 unspecified atom stereocenters. The molecule has 0 spiro atoms. The number of benzene rings is 1. The Kier molecular flexibility index (Phi) is 6.09. The fourth-order valence-electron chi connectivity index (χ4n) is 2.07. The number of hydrogen-bond donors (Lipinski definition) is 1. The van der Waals surface area contributed by atoms with Gasteiger partial charge in [0.25, 0.3) is 0 Å². The molecule has 21 heavy (non-hydrogen) atoms. The summed E-state index contributed by atoms with van der Waals surface area (Å²) >= 11 is 6.23. The van der Waals surface area contributed by atoms with Gasteiger partial charge in [0.2, 0.25) is 0 Å². The number of halogens is 1. The summed E-state index contributed by atoms with van der Waals surface area (Å²) in [5.41, 5.74) is 1.37. The third-order valence-electron chi connectivity index (χ3n) is 3.70. The van der Waals surface area contributed by atoms with Crippen LogP contribution in [0.2, 0.25) is 5.02 Å². The zero-order valence-electron chi connectivity index (χ0n) is 13.5. The van der Waals surface area contributed by atoms with E-state index < -0.39 is 11.4 Å². The molecule has 0 aliphatic rings. The molecule has 0 atom stereocenters. The molecule has 1 N–H and O–H groups in total. The summed E-state index contributed by atoms with van der Waals surface area (Å²) < 4.78 is 5.81. The van der Waals surface area contributed by atoms with Crippen LogP contribution < -0.4 is 4.74 Å². The third kappa shape index (κ3) is 4.92. The van der Waals surface area contributed by atoms with E-state index in [1.807, 2.05) is 19.1 Å². The minimum absolute atomic E-state index is 0.339. The largest absolute Gasteiger partial charge is 0.493 e. The van der Waals surface area contributed by atoms with E-state index >= 15 is 0 Å². The predicted molar refractivity (Wildman–Crippen MR) is 86.4 cm³/mol. The lowest BCUT2D eigenvalue weighted by atomic mass is 9.88. The monoisotopic (exact) mass is 312 g/mol. The van der Waals surface area contributed by atoms with Crippen LogP contribution in [0.4, 0.5) is 0 Å². The highest BCUT2D eigenvalue weighted by molar-refractivity contribution is 6.31. The number of hydrogen-bond acceptors (Lipinski definition) is 2. The molecule has 0 radical (unpaired) electrons. The zero-order valence-corrected chi connectivity index (χ0v) is 14.3. The fourth-order valence-corrected chi connectivity index (χ4v) is 2.51. The number of ether oxygens (including phenoxy) is 1. The summed E-state index contributed by atoms with van der Waals surface area (Å²) in [6.07, 6.45) is 1.30. The zero-order chi connectivity index (χ0) is 16.2. The lowest BCUT2D eigenvalue weighted by Crippen LogP contribution is -2.24. The average molecular weight is 313 g/mol. The van der Waals surface area contributed by atoms with Crippen LogP contribution in [-0.2, 0) is 4.79 Å². The Morgan fingerprint density at radius 1 is 1.38 bits per heavy atom. The van der Waals surface area contributed by atoms with Gasteiger partial charge in [0.15, 0.2) is 0 Å². The van der Waals surface area contributed by atoms with Gasteiger partial charge >= 0.3 is 5.97 Å². The normalized spacial score (nSPS) is 11.8. The van der Waals surface area contributed by atoms with Crippen LogP contribution in [0.25, 0.3) is 0 Å². The Morgan fingerprint density at radius 2 is 2.00 bits per heavy atom. The Bertz CT molecular complexity index is 507. The SMILES string of the molecule is Cc1cc(Cl)c(C(C)C)cc1OCCCC(C)(C)C(=O)O. The molecule has 4 heteroatoms. The third-order valence-corrected chi connectivity index (χ3v) is 4.03. The Hall–Kier alpha value is -1.22. The first kappa shape index (κ1) is 17.8. The van der Waals surface area contributed by atoms with Crippen molar-refractivity contribution in [2.24, 2.45) is 5.41 Å². The summed E-state index contributed by atoms with van der Waals surface area (Å²) in [4.78, 5) is 11.0.